The zero-order valence-electron chi connectivity index (χ0n) is 15.4. The molecule has 0 unspecified atom stereocenters. The lowest BCUT2D eigenvalue weighted by atomic mass is 10.1. The van der Waals surface area contributed by atoms with E-state index in [1.807, 2.05) is 11.8 Å². The fraction of sp³-hybridized carbons (Fsp3) is 0.421. The number of carbonyl (C=O) groups excluding carboxylic acids is 2. The van der Waals surface area contributed by atoms with Crippen LogP contribution in [0.1, 0.15) is 29.4 Å². The van der Waals surface area contributed by atoms with Crippen molar-refractivity contribution < 1.29 is 14.0 Å². The normalized spacial score (nSPS) is 14.5. The Balaban J connectivity index is 1.56. The van der Waals surface area contributed by atoms with Crippen LogP contribution in [0.25, 0.3) is 0 Å². The highest BCUT2D eigenvalue weighted by atomic mass is 32.1. The lowest BCUT2D eigenvalue weighted by molar-refractivity contribution is -0.131. The molecule has 2 heterocycles. The fourth-order valence-electron chi connectivity index (χ4n) is 3.22. The van der Waals surface area contributed by atoms with Crippen molar-refractivity contribution in [3.8, 4) is 0 Å². The molecule has 1 amide bonds. The number of aromatic nitrogens is 1. The molecule has 1 aliphatic heterocycles. The summed E-state index contributed by atoms with van der Waals surface area (Å²) in [6.07, 6.45) is 0.277. The van der Waals surface area contributed by atoms with Crippen molar-refractivity contribution in [2.75, 3.05) is 31.1 Å². The first-order valence-corrected chi connectivity index (χ1v) is 9.73. The summed E-state index contributed by atoms with van der Waals surface area (Å²) >= 11 is 1.14. The maximum atomic E-state index is 14.3. The standard InChI is InChI=1S/C19H22FN3O3S/c1-13-12-27-19(26)23(13)6-5-18(25)22-9-7-21(8-10-22)17-4-3-15(14(2)24)11-16(17)20/h3-4,11-12H,5-10H2,1-2H3. The molecule has 1 aromatic heterocycles. The van der Waals surface area contributed by atoms with Crippen molar-refractivity contribution in [2.45, 2.75) is 26.8 Å². The molecule has 2 aromatic rings. The molecule has 27 heavy (non-hydrogen) atoms. The monoisotopic (exact) mass is 391 g/mol. The third kappa shape index (κ3) is 4.27. The Morgan fingerprint density at radius 1 is 1.19 bits per heavy atom. The van der Waals surface area contributed by atoms with E-state index in [0.717, 1.165) is 17.0 Å². The van der Waals surface area contributed by atoms with Crippen LogP contribution in [-0.4, -0.2) is 47.3 Å². The molecule has 6 nitrogen and oxygen atoms in total. The van der Waals surface area contributed by atoms with Gasteiger partial charge < -0.3 is 14.4 Å². The van der Waals surface area contributed by atoms with Crippen molar-refractivity contribution >= 4 is 28.7 Å². The summed E-state index contributed by atoms with van der Waals surface area (Å²) in [5.74, 6) is -0.592. The molecule has 0 bridgehead atoms. The molecule has 1 fully saturated rings. The number of nitrogens with zero attached hydrogens (tertiary/aromatic N) is 3. The Morgan fingerprint density at radius 3 is 2.44 bits per heavy atom. The van der Waals surface area contributed by atoms with E-state index >= 15 is 0 Å². The number of hydrogen-bond acceptors (Lipinski definition) is 5. The van der Waals surface area contributed by atoms with Crippen molar-refractivity contribution in [1.82, 2.24) is 9.47 Å². The summed E-state index contributed by atoms with van der Waals surface area (Å²) in [7, 11) is 0. The number of rotatable bonds is 5. The highest BCUT2D eigenvalue weighted by molar-refractivity contribution is 7.07. The van der Waals surface area contributed by atoms with Crippen LogP contribution in [0.3, 0.4) is 0 Å². The van der Waals surface area contributed by atoms with Gasteiger partial charge in [-0.15, -0.1) is 0 Å². The Morgan fingerprint density at radius 2 is 1.89 bits per heavy atom. The van der Waals surface area contributed by atoms with Crippen LogP contribution in [0, 0.1) is 12.7 Å². The predicted octanol–water partition coefficient (Wildman–Crippen LogP) is 2.30. The Labute approximate surface area is 160 Å². The largest absolute Gasteiger partial charge is 0.366 e. The quantitative estimate of drug-likeness (QED) is 0.734. The highest BCUT2D eigenvalue weighted by Crippen LogP contribution is 2.22. The lowest BCUT2D eigenvalue weighted by Gasteiger charge is -2.36. The van der Waals surface area contributed by atoms with Gasteiger partial charge in [0.05, 0.1) is 5.69 Å². The molecule has 8 heteroatoms. The third-order valence-corrected chi connectivity index (χ3v) is 5.73. The minimum Gasteiger partial charge on any atom is -0.366 e. The summed E-state index contributed by atoms with van der Waals surface area (Å²) in [5, 5.41) is 1.79. The second kappa shape index (κ2) is 8.04. The molecule has 3 rings (SSSR count). The number of ketones is 1. The van der Waals surface area contributed by atoms with Crippen LogP contribution in [0.15, 0.2) is 28.4 Å². The van der Waals surface area contributed by atoms with Gasteiger partial charge in [0.25, 0.3) is 0 Å². The van der Waals surface area contributed by atoms with E-state index in [4.69, 9.17) is 0 Å². The van der Waals surface area contributed by atoms with Crippen LogP contribution in [0.2, 0.25) is 0 Å². The van der Waals surface area contributed by atoms with E-state index in [1.54, 1.807) is 27.0 Å². The molecule has 0 aliphatic carbocycles. The average Bonchev–Trinajstić information content (AvgIpc) is 2.97. The Kier molecular flexibility index (Phi) is 5.74. The Bertz CT molecular complexity index is 913. The lowest BCUT2D eigenvalue weighted by Crippen LogP contribution is -2.49. The minimum absolute atomic E-state index is 0.000417. The van der Waals surface area contributed by atoms with Gasteiger partial charge in [-0.1, -0.05) is 11.3 Å². The predicted molar refractivity (Wildman–Crippen MR) is 103 cm³/mol. The number of Topliss-reactive ketones (excluding diaryl/α,β-unsaturated/α-hetero) is 1. The molecular weight excluding hydrogens is 369 g/mol. The van der Waals surface area contributed by atoms with Gasteiger partial charge in [-0.2, -0.15) is 0 Å². The second-order valence-electron chi connectivity index (χ2n) is 6.63. The van der Waals surface area contributed by atoms with Crippen LogP contribution in [-0.2, 0) is 11.3 Å². The van der Waals surface area contributed by atoms with Gasteiger partial charge in [0.15, 0.2) is 5.78 Å². The first-order valence-electron chi connectivity index (χ1n) is 8.85. The zero-order valence-corrected chi connectivity index (χ0v) is 16.2. The van der Waals surface area contributed by atoms with Crippen LogP contribution >= 0.6 is 11.3 Å². The van der Waals surface area contributed by atoms with Crippen molar-refractivity contribution in [1.29, 1.82) is 0 Å². The number of amides is 1. The van der Waals surface area contributed by atoms with Crippen molar-refractivity contribution in [2.24, 2.45) is 0 Å². The summed E-state index contributed by atoms with van der Waals surface area (Å²) in [6, 6.07) is 4.50. The molecule has 0 radical (unpaired) electrons. The Hall–Kier alpha value is -2.48. The topological polar surface area (TPSA) is 62.6 Å². The minimum atomic E-state index is -0.421. The van der Waals surface area contributed by atoms with Gasteiger partial charge in [-0.3, -0.25) is 14.4 Å². The van der Waals surface area contributed by atoms with E-state index in [2.05, 4.69) is 0 Å². The van der Waals surface area contributed by atoms with Crippen LogP contribution < -0.4 is 9.77 Å². The number of hydrogen-bond donors (Lipinski definition) is 0. The second-order valence-corrected chi connectivity index (χ2v) is 7.46. The summed E-state index contributed by atoms with van der Waals surface area (Å²) in [6.45, 7) is 5.71. The number of piperazine rings is 1. The maximum absolute atomic E-state index is 14.3. The molecule has 1 saturated heterocycles. The molecule has 1 aromatic carbocycles. The van der Waals surface area contributed by atoms with Crippen LogP contribution in [0.4, 0.5) is 10.1 Å². The molecule has 0 spiro atoms. The number of anilines is 1. The van der Waals surface area contributed by atoms with E-state index in [1.165, 1.54) is 13.0 Å². The fourth-order valence-corrected chi connectivity index (χ4v) is 3.98. The zero-order chi connectivity index (χ0) is 19.6. The van der Waals surface area contributed by atoms with E-state index in [9.17, 15) is 18.8 Å². The summed E-state index contributed by atoms with van der Waals surface area (Å²) in [5.41, 5.74) is 1.67. The maximum Gasteiger partial charge on any atom is 0.307 e. The molecule has 144 valence electrons. The molecule has 0 saturated carbocycles. The number of halogens is 1. The molecule has 0 N–H and O–H groups in total. The van der Waals surface area contributed by atoms with Gasteiger partial charge in [0.1, 0.15) is 5.82 Å². The van der Waals surface area contributed by atoms with E-state index in [0.29, 0.717) is 44.0 Å². The van der Waals surface area contributed by atoms with Crippen molar-refractivity contribution in [3.05, 3.63) is 50.3 Å². The molecule has 1 aliphatic rings. The third-order valence-electron chi connectivity index (χ3n) is 4.85. The van der Waals surface area contributed by atoms with Gasteiger partial charge >= 0.3 is 4.87 Å². The van der Waals surface area contributed by atoms with Gasteiger partial charge in [-0.05, 0) is 32.0 Å². The number of thiazole rings is 1. The first-order chi connectivity index (χ1) is 12.9. The SMILES string of the molecule is CC(=O)c1ccc(N2CCN(C(=O)CCn3c(C)csc3=O)CC2)c(F)c1. The van der Waals surface area contributed by atoms with Gasteiger partial charge in [0.2, 0.25) is 5.91 Å². The smallest absolute Gasteiger partial charge is 0.307 e. The highest BCUT2D eigenvalue weighted by Gasteiger charge is 2.23. The van der Waals surface area contributed by atoms with Crippen molar-refractivity contribution in [3.63, 3.8) is 0 Å². The summed E-state index contributed by atoms with van der Waals surface area (Å²) < 4.78 is 15.9. The number of aryl methyl sites for hydroxylation is 1. The average molecular weight is 391 g/mol. The van der Waals surface area contributed by atoms with E-state index in [-0.39, 0.29) is 23.0 Å². The summed E-state index contributed by atoms with van der Waals surface area (Å²) in [4.78, 5) is 39.1. The van der Waals surface area contributed by atoms with Gasteiger partial charge in [-0.25, -0.2) is 4.39 Å². The molecular formula is C19H22FN3O3S. The first kappa shape index (κ1) is 19.3. The van der Waals surface area contributed by atoms with E-state index < -0.39 is 5.82 Å². The van der Waals surface area contributed by atoms with Gasteiger partial charge in [0, 0.05) is 55.8 Å². The van der Waals surface area contributed by atoms with Crippen LogP contribution in [0.5, 0.6) is 0 Å². The number of benzene rings is 1. The molecule has 0 atom stereocenters. The number of carbonyl (C=O) groups is 2.